The van der Waals surface area contributed by atoms with E-state index in [0.717, 1.165) is 4.47 Å². The lowest BCUT2D eigenvalue weighted by molar-refractivity contribution is 0.102. The van der Waals surface area contributed by atoms with Crippen molar-refractivity contribution >= 4 is 71.1 Å². The van der Waals surface area contributed by atoms with Gasteiger partial charge in [-0.1, -0.05) is 33.6 Å². The molecule has 2 aromatic carbocycles. The fraction of sp³-hybridized carbons (Fsp3) is 0.0526. The second-order valence-corrected chi connectivity index (χ2v) is 10.2. The number of halogens is 2. The molecular formula is C19H14BrClN4O3S2. The monoisotopic (exact) mass is 524 g/mol. The number of anilines is 2. The van der Waals surface area contributed by atoms with Crippen LogP contribution >= 0.6 is 38.9 Å². The van der Waals surface area contributed by atoms with Gasteiger partial charge in [-0.3, -0.25) is 13.9 Å². The van der Waals surface area contributed by atoms with Crippen LogP contribution in [0.3, 0.4) is 0 Å². The Kier molecular flexibility index (Phi) is 5.58. The van der Waals surface area contributed by atoms with Crippen LogP contribution in [-0.2, 0) is 10.0 Å². The van der Waals surface area contributed by atoms with Gasteiger partial charge in [-0.2, -0.15) is 0 Å². The number of carbonyl (C=O) groups is 1. The van der Waals surface area contributed by atoms with E-state index in [0.29, 0.717) is 21.9 Å². The van der Waals surface area contributed by atoms with Gasteiger partial charge in [-0.25, -0.2) is 13.4 Å². The van der Waals surface area contributed by atoms with Crippen LogP contribution in [-0.4, -0.2) is 23.7 Å². The van der Waals surface area contributed by atoms with E-state index in [1.165, 1.54) is 17.4 Å². The van der Waals surface area contributed by atoms with Gasteiger partial charge in [0.1, 0.15) is 0 Å². The summed E-state index contributed by atoms with van der Waals surface area (Å²) in [4.78, 5) is 17.5. The molecular weight excluding hydrogens is 512 g/mol. The summed E-state index contributed by atoms with van der Waals surface area (Å²) in [5.41, 5.74) is 1.48. The Morgan fingerprint density at radius 2 is 1.87 bits per heavy atom. The van der Waals surface area contributed by atoms with E-state index in [1.54, 1.807) is 59.3 Å². The topological polar surface area (TPSA) is 92.6 Å². The van der Waals surface area contributed by atoms with Crippen LogP contribution in [0.2, 0.25) is 5.15 Å². The van der Waals surface area contributed by atoms with E-state index in [-0.39, 0.29) is 15.7 Å². The smallest absolute Gasteiger partial charge is 0.275 e. The van der Waals surface area contributed by atoms with E-state index < -0.39 is 15.9 Å². The lowest BCUT2D eigenvalue weighted by Crippen LogP contribution is -2.17. The maximum Gasteiger partial charge on any atom is 0.275 e. The summed E-state index contributed by atoms with van der Waals surface area (Å²) in [6.07, 6.45) is 1.70. The van der Waals surface area contributed by atoms with Crippen LogP contribution in [0.1, 0.15) is 16.1 Å². The summed E-state index contributed by atoms with van der Waals surface area (Å²) in [6, 6.07) is 11.4. The normalized spacial score (nSPS) is 11.6. The van der Waals surface area contributed by atoms with Crippen LogP contribution in [0.25, 0.3) is 4.96 Å². The van der Waals surface area contributed by atoms with E-state index in [9.17, 15) is 13.2 Å². The molecule has 0 bridgehead atoms. The van der Waals surface area contributed by atoms with Gasteiger partial charge >= 0.3 is 0 Å². The number of thiazole rings is 1. The predicted octanol–water partition coefficient (Wildman–Crippen LogP) is 5.17. The zero-order valence-electron chi connectivity index (χ0n) is 15.4. The highest BCUT2D eigenvalue weighted by atomic mass is 79.9. The second kappa shape index (κ2) is 8.03. The average Bonchev–Trinajstić information content (AvgIpc) is 3.24. The molecule has 0 atom stereocenters. The highest BCUT2D eigenvalue weighted by Crippen LogP contribution is 2.26. The number of carbonyl (C=O) groups excluding carboxylic acids is 1. The number of amides is 1. The Hall–Kier alpha value is -2.40. The highest BCUT2D eigenvalue weighted by molar-refractivity contribution is 9.10. The molecule has 0 radical (unpaired) electrons. The van der Waals surface area contributed by atoms with E-state index in [4.69, 9.17) is 11.6 Å². The molecule has 0 aliphatic rings. The molecule has 1 amide bonds. The number of benzene rings is 2. The molecule has 0 fully saturated rings. The van der Waals surface area contributed by atoms with Crippen molar-refractivity contribution in [1.29, 1.82) is 0 Å². The van der Waals surface area contributed by atoms with Crippen molar-refractivity contribution in [1.82, 2.24) is 9.38 Å². The predicted molar refractivity (Wildman–Crippen MR) is 122 cm³/mol. The molecule has 4 aromatic rings. The minimum atomic E-state index is -3.86. The Morgan fingerprint density at radius 3 is 2.60 bits per heavy atom. The van der Waals surface area contributed by atoms with Crippen molar-refractivity contribution in [2.45, 2.75) is 11.8 Å². The number of hydrogen-bond acceptors (Lipinski definition) is 5. The van der Waals surface area contributed by atoms with Crippen LogP contribution in [0, 0.1) is 6.92 Å². The molecule has 0 aliphatic heterocycles. The molecule has 0 unspecified atom stereocenters. The number of nitrogens with zero attached hydrogens (tertiary/aromatic N) is 2. The van der Waals surface area contributed by atoms with Gasteiger partial charge in [0.05, 0.1) is 4.90 Å². The number of imidazole rings is 1. The fourth-order valence-corrected chi connectivity index (χ4v) is 5.46. The first kappa shape index (κ1) is 20.9. The van der Waals surface area contributed by atoms with Crippen LogP contribution in [0.4, 0.5) is 11.4 Å². The first-order valence-corrected chi connectivity index (χ1v) is 12.1. The molecule has 7 nitrogen and oxygen atoms in total. The molecule has 4 rings (SSSR count). The van der Waals surface area contributed by atoms with Gasteiger partial charge in [0.15, 0.2) is 15.8 Å². The number of nitrogens with one attached hydrogen (secondary N) is 2. The number of hydrogen-bond donors (Lipinski definition) is 2. The third-order valence-corrected chi connectivity index (χ3v) is 7.34. The molecule has 30 heavy (non-hydrogen) atoms. The van der Waals surface area contributed by atoms with Gasteiger partial charge in [0, 0.05) is 27.4 Å². The zero-order valence-corrected chi connectivity index (χ0v) is 19.4. The molecule has 11 heteroatoms. The second-order valence-electron chi connectivity index (χ2n) is 6.35. The summed E-state index contributed by atoms with van der Waals surface area (Å²) < 4.78 is 30.8. The van der Waals surface area contributed by atoms with Crippen molar-refractivity contribution in [3.8, 4) is 0 Å². The number of rotatable bonds is 5. The highest BCUT2D eigenvalue weighted by Gasteiger charge is 2.21. The molecule has 0 saturated carbocycles. The quantitative estimate of drug-likeness (QED) is 0.376. The first-order valence-electron chi connectivity index (χ1n) is 8.56. The Bertz CT molecular complexity index is 1360. The number of sulfonamides is 1. The van der Waals surface area contributed by atoms with Gasteiger partial charge in [0.2, 0.25) is 0 Å². The molecule has 2 aromatic heterocycles. The lowest BCUT2D eigenvalue weighted by atomic mass is 10.2. The Labute approximate surface area is 189 Å². The molecule has 0 aliphatic carbocycles. The molecule has 154 valence electrons. The average molecular weight is 526 g/mol. The van der Waals surface area contributed by atoms with Gasteiger partial charge in [-0.05, 0) is 48.9 Å². The lowest BCUT2D eigenvalue weighted by Gasteiger charge is -2.13. The van der Waals surface area contributed by atoms with E-state index in [1.807, 2.05) is 0 Å². The van der Waals surface area contributed by atoms with Crippen LogP contribution in [0.5, 0.6) is 0 Å². The van der Waals surface area contributed by atoms with Gasteiger partial charge in [-0.15, -0.1) is 11.3 Å². The van der Waals surface area contributed by atoms with Crippen LogP contribution < -0.4 is 10.0 Å². The Morgan fingerprint density at radius 1 is 1.17 bits per heavy atom. The Balaban J connectivity index is 1.63. The van der Waals surface area contributed by atoms with E-state index in [2.05, 4.69) is 31.0 Å². The standard InChI is InChI=1S/C19H14BrClN4O3S2/c1-11-2-5-14(22-18(26)16-17(21)23-19-25(16)8-9-29-19)10-15(11)30(27,28)24-13-6-3-12(20)4-7-13/h2-10,24H,1H3,(H,22,26). The minimum Gasteiger partial charge on any atom is -0.321 e. The maximum absolute atomic E-state index is 12.9. The molecule has 0 saturated heterocycles. The maximum atomic E-state index is 12.9. The van der Waals surface area contributed by atoms with Crippen molar-refractivity contribution in [2.24, 2.45) is 0 Å². The van der Waals surface area contributed by atoms with Crippen LogP contribution in [0.15, 0.2) is 63.4 Å². The minimum absolute atomic E-state index is 0.0586. The fourth-order valence-electron chi connectivity index (χ4n) is 2.85. The van der Waals surface area contributed by atoms with Crippen molar-refractivity contribution in [3.05, 3.63) is 74.9 Å². The largest absolute Gasteiger partial charge is 0.321 e. The van der Waals surface area contributed by atoms with Gasteiger partial charge in [0.25, 0.3) is 15.9 Å². The van der Waals surface area contributed by atoms with Crippen molar-refractivity contribution < 1.29 is 13.2 Å². The summed E-state index contributed by atoms with van der Waals surface area (Å²) in [6.45, 7) is 1.68. The summed E-state index contributed by atoms with van der Waals surface area (Å²) in [5.74, 6) is -0.487. The first-order chi connectivity index (χ1) is 14.2. The third-order valence-electron chi connectivity index (χ3n) is 4.27. The third kappa shape index (κ3) is 4.08. The van der Waals surface area contributed by atoms with Crippen molar-refractivity contribution in [3.63, 3.8) is 0 Å². The number of aromatic nitrogens is 2. The number of aryl methyl sites for hydroxylation is 1. The summed E-state index contributed by atoms with van der Waals surface area (Å²) in [7, 11) is -3.86. The SMILES string of the molecule is Cc1ccc(NC(=O)c2c(Cl)nc3sccn23)cc1S(=O)(=O)Nc1ccc(Br)cc1. The molecule has 2 heterocycles. The van der Waals surface area contributed by atoms with Gasteiger partial charge < -0.3 is 5.32 Å². The number of fused-ring (bicyclic) bond motifs is 1. The summed E-state index contributed by atoms with van der Waals surface area (Å²) >= 11 is 10.8. The zero-order chi connectivity index (χ0) is 21.5. The summed E-state index contributed by atoms with van der Waals surface area (Å²) in [5, 5.41) is 4.57. The van der Waals surface area contributed by atoms with Crippen molar-refractivity contribution in [2.75, 3.05) is 10.0 Å². The van der Waals surface area contributed by atoms with E-state index >= 15 is 0 Å². The molecule has 2 N–H and O–H groups in total. The molecule has 0 spiro atoms.